The van der Waals surface area contributed by atoms with Gasteiger partial charge < -0.3 is 10.6 Å². The molecule has 11 nitrogen and oxygen atoms in total. The molecule has 0 aliphatic carbocycles. The molecule has 0 saturated carbocycles. The van der Waals surface area contributed by atoms with Crippen LogP contribution in [0.4, 0.5) is 4.39 Å². The molecule has 4 heterocycles. The Morgan fingerprint density at radius 3 is 2.72 bits per heavy atom. The maximum Gasteiger partial charge on any atom is 0.269 e. The number of alkyl halides is 1. The largest absolute Gasteiger partial charge is 0.364 e. The highest BCUT2D eigenvalue weighted by Gasteiger charge is 2.39. The van der Waals surface area contributed by atoms with Crippen LogP contribution in [0.5, 0.6) is 0 Å². The Hall–Kier alpha value is -5.00. The van der Waals surface area contributed by atoms with Gasteiger partial charge in [-0.25, -0.2) is 4.39 Å². The standard InChI is InChI=1S/C27H23FN8O3/c28-19-10-23(24(37)8-15-1-2-18-12-32-33-21(18)7-15)35(13-19)25(38)14-36-22-4-3-16(17-5-6-30-31-11-17)9-20(22)26(34-36)27(29)39/h1-7,9,11-12,19,23H,8,10,13-14H2,(H2,29,39)(H,32,33)/t19-,23+/m1/s1. The lowest BCUT2D eigenvalue weighted by Crippen LogP contribution is -2.43. The minimum Gasteiger partial charge on any atom is -0.364 e. The van der Waals surface area contributed by atoms with E-state index in [2.05, 4.69) is 25.5 Å². The summed E-state index contributed by atoms with van der Waals surface area (Å²) < 4.78 is 15.9. The number of H-pyrrole nitrogens is 1. The number of amides is 2. The number of primary amides is 1. The maximum absolute atomic E-state index is 14.5. The number of nitrogens with one attached hydrogen (secondary N) is 1. The molecule has 12 heteroatoms. The number of nitrogens with zero attached hydrogens (tertiary/aromatic N) is 6. The van der Waals surface area contributed by atoms with E-state index >= 15 is 0 Å². The fourth-order valence-electron chi connectivity index (χ4n) is 5.12. The van der Waals surface area contributed by atoms with Gasteiger partial charge in [-0.05, 0) is 35.4 Å². The SMILES string of the molecule is NC(=O)c1nn(CC(=O)N2C[C@H](F)C[C@H]2C(=O)Cc2ccc3cn[nH]c3c2)c2ccc(-c3ccnnc3)cc12. The van der Waals surface area contributed by atoms with Gasteiger partial charge in [-0.3, -0.25) is 24.2 Å². The third-order valence-corrected chi connectivity index (χ3v) is 7.01. The third kappa shape index (κ3) is 4.60. The number of hydrogen-bond acceptors (Lipinski definition) is 7. The van der Waals surface area contributed by atoms with E-state index in [4.69, 9.17) is 5.73 Å². The zero-order valence-corrected chi connectivity index (χ0v) is 20.6. The highest BCUT2D eigenvalue weighted by molar-refractivity contribution is 6.05. The average Bonchev–Trinajstić information content (AvgIpc) is 3.65. The Morgan fingerprint density at radius 2 is 1.92 bits per heavy atom. The van der Waals surface area contributed by atoms with E-state index in [1.807, 2.05) is 24.3 Å². The molecule has 0 spiro atoms. The number of carbonyl (C=O) groups excluding carboxylic acids is 3. The zero-order valence-electron chi connectivity index (χ0n) is 20.6. The molecule has 2 amide bonds. The number of nitrogens with two attached hydrogens (primary N) is 1. The fourth-order valence-corrected chi connectivity index (χ4v) is 5.12. The lowest BCUT2D eigenvalue weighted by molar-refractivity contribution is -0.138. The molecule has 1 saturated heterocycles. The molecule has 0 radical (unpaired) electrons. The van der Waals surface area contributed by atoms with Crippen molar-refractivity contribution >= 4 is 39.4 Å². The van der Waals surface area contributed by atoms with Crippen molar-refractivity contribution in [2.45, 2.75) is 31.6 Å². The van der Waals surface area contributed by atoms with Crippen LogP contribution in [-0.2, 0) is 22.6 Å². The molecule has 3 aromatic heterocycles. The first-order valence-corrected chi connectivity index (χ1v) is 12.3. The second-order valence-corrected chi connectivity index (χ2v) is 9.56. The van der Waals surface area contributed by atoms with Crippen molar-refractivity contribution in [1.29, 1.82) is 0 Å². The lowest BCUT2D eigenvalue weighted by Gasteiger charge is -2.23. The summed E-state index contributed by atoms with van der Waals surface area (Å²) in [6, 6.07) is 11.7. The van der Waals surface area contributed by atoms with Crippen LogP contribution in [0.1, 0.15) is 22.5 Å². The Morgan fingerprint density at radius 1 is 1.05 bits per heavy atom. The Labute approximate surface area is 220 Å². The summed E-state index contributed by atoms with van der Waals surface area (Å²) in [5.74, 6) is -1.47. The second-order valence-electron chi connectivity index (χ2n) is 9.56. The number of ketones is 1. The number of aromatic nitrogens is 6. The maximum atomic E-state index is 14.5. The Balaban J connectivity index is 1.25. The van der Waals surface area contributed by atoms with Gasteiger partial charge in [-0.1, -0.05) is 18.2 Å². The summed E-state index contributed by atoms with van der Waals surface area (Å²) in [4.78, 5) is 40.0. The Bertz CT molecular complexity index is 1730. The van der Waals surface area contributed by atoms with Gasteiger partial charge in [0.25, 0.3) is 5.91 Å². The number of carbonyl (C=O) groups is 3. The van der Waals surface area contributed by atoms with E-state index in [0.717, 1.165) is 27.6 Å². The number of aromatic amines is 1. The van der Waals surface area contributed by atoms with Crippen molar-refractivity contribution in [1.82, 2.24) is 35.1 Å². The van der Waals surface area contributed by atoms with Crippen LogP contribution in [0.2, 0.25) is 0 Å². The lowest BCUT2D eigenvalue weighted by atomic mass is 10.0. The van der Waals surface area contributed by atoms with E-state index in [-0.39, 0.29) is 37.4 Å². The van der Waals surface area contributed by atoms with Crippen molar-refractivity contribution in [3.63, 3.8) is 0 Å². The van der Waals surface area contributed by atoms with Crippen LogP contribution in [0.15, 0.2) is 61.1 Å². The van der Waals surface area contributed by atoms with Crippen molar-refractivity contribution in [2.24, 2.45) is 5.73 Å². The van der Waals surface area contributed by atoms with Crippen LogP contribution in [-0.4, -0.2) is 71.4 Å². The highest BCUT2D eigenvalue weighted by atomic mass is 19.1. The normalized spacial score (nSPS) is 17.2. The predicted molar refractivity (Wildman–Crippen MR) is 139 cm³/mol. The smallest absolute Gasteiger partial charge is 0.269 e. The summed E-state index contributed by atoms with van der Waals surface area (Å²) >= 11 is 0. The molecule has 196 valence electrons. The summed E-state index contributed by atoms with van der Waals surface area (Å²) in [6.45, 7) is -0.466. The number of hydrogen-bond donors (Lipinski definition) is 2. The first-order chi connectivity index (χ1) is 18.9. The van der Waals surface area contributed by atoms with Gasteiger partial charge in [-0.15, -0.1) is 0 Å². The van der Waals surface area contributed by atoms with Crippen molar-refractivity contribution in [3.05, 3.63) is 72.3 Å². The van der Waals surface area contributed by atoms with E-state index in [0.29, 0.717) is 10.9 Å². The van der Waals surface area contributed by atoms with Gasteiger partial charge in [-0.2, -0.15) is 20.4 Å². The van der Waals surface area contributed by atoms with Gasteiger partial charge in [0.15, 0.2) is 11.5 Å². The highest BCUT2D eigenvalue weighted by Crippen LogP contribution is 2.28. The number of halogens is 1. The van der Waals surface area contributed by atoms with Gasteiger partial charge in [0.05, 0.1) is 42.2 Å². The minimum absolute atomic E-state index is 0.00767. The van der Waals surface area contributed by atoms with Crippen LogP contribution in [0.3, 0.4) is 0 Å². The average molecular weight is 527 g/mol. The molecule has 3 N–H and O–H groups in total. The van der Waals surface area contributed by atoms with Gasteiger partial charge >= 0.3 is 0 Å². The molecule has 39 heavy (non-hydrogen) atoms. The molecule has 6 rings (SSSR count). The van der Waals surface area contributed by atoms with Crippen LogP contribution >= 0.6 is 0 Å². The molecule has 0 bridgehead atoms. The predicted octanol–water partition coefficient (Wildman–Crippen LogP) is 2.22. The van der Waals surface area contributed by atoms with Gasteiger partial charge in [0.1, 0.15) is 12.7 Å². The third-order valence-electron chi connectivity index (χ3n) is 7.01. The van der Waals surface area contributed by atoms with Crippen LogP contribution < -0.4 is 5.73 Å². The van der Waals surface area contributed by atoms with E-state index in [1.54, 1.807) is 36.8 Å². The second kappa shape index (κ2) is 9.71. The topological polar surface area (TPSA) is 153 Å². The Kier molecular flexibility index (Phi) is 6.06. The van der Waals surface area contributed by atoms with E-state index in [9.17, 15) is 18.8 Å². The van der Waals surface area contributed by atoms with Gasteiger partial charge in [0.2, 0.25) is 5.91 Å². The quantitative estimate of drug-likeness (QED) is 0.330. The summed E-state index contributed by atoms with van der Waals surface area (Å²) in [5.41, 5.74) is 9.19. The fraction of sp³-hybridized carbons (Fsp3) is 0.222. The van der Waals surface area contributed by atoms with Crippen molar-refractivity contribution < 1.29 is 18.8 Å². The number of rotatable bonds is 7. The van der Waals surface area contributed by atoms with Crippen molar-refractivity contribution in [3.8, 4) is 11.1 Å². The molecule has 1 aliphatic rings. The summed E-state index contributed by atoms with van der Waals surface area (Å²) in [6.07, 6.45) is 3.50. The number of likely N-dealkylation sites (tertiary alicyclic amines) is 1. The van der Waals surface area contributed by atoms with Gasteiger partial charge in [0, 0.05) is 29.2 Å². The molecular formula is C27H23FN8O3. The van der Waals surface area contributed by atoms with E-state index in [1.165, 1.54) is 9.58 Å². The monoisotopic (exact) mass is 526 g/mol. The number of Topliss-reactive ketones (excluding diaryl/α,β-unsaturated/α-hetero) is 1. The first-order valence-electron chi connectivity index (χ1n) is 12.3. The van der Waals surface area contributed by atoms with E-state index < -0.39 is 24.0 Å². The summed E-state index contributed by atoms with van der Waals surface area (Å²) in [7, 11) is 0. The number of benzene rings is 2. The number of fused-ring (bicyclic) bond motifs is 2. The molecule has 1 fully saturated rings. The first kappa shape index (κ1) is 24.3. The molecule has 5 aromatic rings. The molecule has 0 unspecified atom stereocenters. The molecule has 2 atom stereocenters. The molecular weight excluding hydrogens is 503 g/mol. The van der Waals surface area contributed by atoms with Crippen LogP contribution in [0, 0.1) is 0 Å². The molecule has 2 aromatic carbocycles. The van der Waals surface area contributed by atoms with Crippen molar-refractivity contribution in [2.75, 3.05) is 6.54 Å². The molecule has 1 aliphatic heterocycles. The zero-order chi connectivity index (χ0) is 27.1. The van der Waals surface area contributed by atoms with Crippen LogP contribution in [0.25, 0.3) is 32.9 Å². The minimum atomic E-state index is -1.31. The summed E-state index contributed by atoms with van der Waals surface area (Å²) in [5, 5.41) is 20.2.